The van der Waals surface area contributed by atoms with Crippen LogP contribution in [0.2, 0.25) is 0 Å². The summed E-state index contributed by atoms with van der Waals surface area (Å²) in [5.74, 6) is -0.596. The minimum absolute atomic E-state index is 0.0971. The lowest BCUT2D eigenvalue weighted by Gasteiger charge is -2.41. The Bertz CT molecular complexity index is 625. The highest BCUT2D eigenvalue weighted by molar-refractivity contribution is 6.01. The second kappa shape index (κ2) is 5.16. The maximum Gasteiger partial charge on any atom is 0.273 e. The molecule has 7 nitrogen and oxygen atoms in total. The van der Waals surface area contributed by atoms with Gasteiger partial charge >= 0.3 is 0 Å². The summed E-state index contributed by atoms with van der Waals surface area (Å²) in [5, 5.41) is 13.7. The molecule has 1 aromatic rings. The zero-order chi connectivity index (χ0) is 15.8. The van der Waals surface area contributed by atoms with Gasteiger partial charge < -0.3 is 10.2 Å². The van der Waals surface area contributed by atoms with E-state index >= 15 is 0 Å². The van der Waals surface area contributed by atoms with Crippen molar-refractivity contribution in [2.24, 2.45) is 0 Å². The second-order valence-corrected chi connectivity index (χ2v) is 5.48. The minimum atomic E-state index is -0.980. The van der Waals surface area contributed by atoms with E-state index in [-0.39, 0.29) is 23.1 Å². The van der Waals surface area contributed by atoms with Gasteiger partial charge in [-0.25, -0.2) is 0 Å². The van der Waals surface area contributed by atoms with Crippen molar-refractivity contribution in [3.05, 3.63) is 39.4 Å². The molecule has 1 heterocycles. The van der Waals surface area contributed by atoms with Gasteiger partial charge in [0.05, 0.1) is 4.92 Å². The fourth-order valence-corrected chi connectivity index (χ4v) is 2.45. The van der Waals surface area contributed by atoms with Crippen molar-refractivity contribution in [3.8, 4) is 0 Å². The molecule has 1 saturated heterocycles. The average molecular weight is 291 g/mol. The van der Waals surface area contributed by atoms with Crippen molar-refractivity contribution in [2.45, 2.75) is 26.3 Å². The van der Waals surface area contributed by atoms with E-state index in [9.17, 15) is 19.7 Å². The third-order valence-electron chi connectivity index (χ3n) is 3.83. The van der Waals surface area contributed by atoms with Gasteiger partial charge in [0.1, 0.15) is 5.54 Å². The Morgan fingerprint density at radius 2 is 2.10 bits per heavy atom. The molecule has 2 amide bonds. The van der Waals surface area contributed by atoms with Crippen molar-refractivity contribution >= 4 is 17.5 Å². The van der Waals surface area contributed by atoms with Gasteiger partial charge in [0, 0.05) is 30.3 Å². The van der Waals surface area contributed by atoms with Crippen LogP contribution in [0, 0.1) is 17.0 Å². The number of nitro benzene ring substituents is 1. The Labute approximate surface area is 122 Å². The molecule has 0 aromatic heterocycles. The summed E-state index contributed by atoms with van der Waals surface area (Å²) in [6.45, 7) is 5.61. The number of nitrogens with zero attached hydrogens (tertiary/aromatic N) is 2. The molecule has 1 N–H and O–H groups in total. The molecule has 21 heavy (non-hydrogen) atoms. The van der Waals surface area contributed by atoms with Crippen LogP contribution in [-0.4, -0.2) is 40.3 Å². The molecule has 0 unspecified atom stereocenters. The molecule has 7 heteroatoms. The Hall–Kier alpha value is -2.44. The summed E-state index contributed by atoms with van der Waals surface area (Å²) in [6.07, 6.45) is 0. The largest absolute Gasteiger partial charge is 0.352 e. The highest BCUT2D eigenvalue weighted by atomic mass is 16.6. The molecular weight excluding hydrogens is 274 g/mol. The van der Waals surface area contributed by atoms with Crippen LogP contribution in [0.5, 0.6) is 0 Å². The third-order valence-corrected chi connectivity index (χ3v) is 3.83. The molecule has 2 rings (SSSR count). The standard InChI is InChI=1S/C14H17N3O4/c1-9-10(5-4-6-11(9)17(20)21)12(18)16-8-7-15-13(19)14(16,2)3/h4-6H,7-8H2,1-3H3,(H,15,19). The van der Waals surface area contributed by atoms with Crippen molar-refractivity contribution in [1.82, 2.24) is 10.2 Å². The smallest absolute Gasteiger partial charge is 0.273 e. The zero-order valence-electron chi connectivity index (χ0n) is 12.2. The molecule has 0 atom stereocenters. The Morgan fingerprint density at radius 1 is 1.43 bits per heavy atom. The number of nitrogens with one attached hydrogen (secondary N) is 1. The van der Waals surface area contributed by atoms with Gasteiger partial charge in [-0.05, 0) is 26.8 Å². The van der Waals surface area contributed by atoms with E-state index < -0.39 is 10.5 Å². The number of hydrogen-bond donors (Lipinski definition) is 1. The van der Waals surface area contributed by atoms with E-state index in [0.717, 1.165) is 0 Å². The molecule has 1 aliphatic rings. The second-order valence-electron chi connectivity index (χ2n) is 5.48. The van der Waals surface area contributed by atoms with E-state index in [2.05, 4.69) is 5.32 Å². The highest BCUT2D eigenvalue weighted by Crippen LogP contribution is 2.26. The van der Waals surface area contributed by atoms with Gasteiger partial charge in [0.15, 0.2) is 0 Å². The molecule has 0 radical (unpaired) electrons. The fourth-order valence-electron chi connectivity index (χ4n) is 2.45. The van der Waals surface area contributed by atoms with Crippen molar-refractivity contribution < 1.29 is 14.5 Å². The Balaban J connectivity index is 2.43. The van der Waals surface area contributed by atoms with Crippen LogP contribution in [0.15, 0.2) is 18.2 Å². The third kappa shape index (κ3) is 2.46. The van der Waals surface area contributed by atoms with E-state index in [1.165, 1.54) is 17.0 Å². The van der Waals surface area contributed by atoms with Crippen LogP contribution in [0.4, 0.5) is 5.69 Å². The number of carbonyl (C=O) groups is 2. The lowest BCUT2D eigenvalue weighted by molar-refractivity contribution is -0.385. The average Bonchev–Trinajstić information content (AvgIpc) is 2.41. The highest BCUT2D eigenvalue weighted by Gasteiger charge is 2.41. The SMILES string of the molecule is Cc1c(C(=O)N2CCNC(=O)C2(C)C)cccc1[N+](=O)[O-]. The maximum absolute atomic E-state index is 12.7. The molecule has 112 valence electrons. The molecule has 1 aliphatic heterocycles. The predicted molar refractivity (Wildman–Crippen MR) is 76.0 cm³/mol. The summed E-state index contributed by atoms with van der Waals surface area (Å²) in [5.41, 5.74) is -0.506. The first kappa shape index (κ1) is 15.0. The van der Waals surface area contributed by atoms with Crippen LogP contribution < -0.4 is 5.32 Å². The molecule has 1 aromatic carbocycles. The topological polar surface area (TPSA) is 92.6 Å². The lowest BCUT2D eigenvalue weighted by Crippen LogP contribution is -2.63. The summed E-state index contributed by atoms with van der Waals surface area (Å²) in [7, 11) is 0. The van der Waals surface area contributed by atoms with Crippen LogP contribution in [0.25, 0.3) is 0 Å². The Morgan fingerprint density at radius 3 is 2.71 bits per heavy atom. The van der Waals surface area contributed by atoms with Crippen molar-refractivity contribution in [3.63, 3.8) is 0 Å². The van der Waals surface area contributed by atoms with Gasteiger partial charge in [0.25, 0.3) is 11.6 Å². The summed E-state index contributed by atoms with van der Waals surface area (Å²) in [6, 6.07) is 4.39. The molecule has 0 saturated carbocycles. The molecule has 0 spiro atoms. The Kier molecular flexibility index (Phi) is 3.67. The maximum atomic E-state index is 12.7. The first-order chi connectivity index (χ1) is 9.76. The predicted octanol–water partition coefficient (Wildman–Crippen LogP) is 1.25. The lowest BCUT2D eigenvalue weighted by atomic mass is 9.96. The van der Waals surface area contributed by atoms with Crippen LogP contribution in [0.3, 0.4) is 0 Å². The monoisotopic (exact) mass is 291 g/mol. The fraction of sp³-hybridized carbons (Fsp3) is 0.429. The van der Waals surface area contributed by atoms with Crippen LogP contribution >= 0.6 is 0 Å². The number of piperazine rings is 1. The first-order valence-corrected chi connectivity index (χ1v) is 6.61. The number of rotatable bonds is 2. The van der Waals surface area contributed by atoms with E-state index in [4.69, 9.17) is 0 Å². The van der Waals surface area contributed by atoms with E-state index in [0.29, 0.717) is 18.7 Å². The van der Waals surface area contributed by atoms with Crippen molar-refractivity contribution in [2.75, 3.05) is 13.1 Å². The number of amides is 2. The van der Waals surface area contributed by atoms with Gasteiger partial charge in [-0.3, -0.25) is 19.7 Å². The van der Waals surface area contributed by atoms with E-state index in [1.807, 2.05) is 0 Å². The minimum Gasteiger partial charge on any atom is -0.352 e. The van der Waals surface area contributed by atoms with E-state index in [1.54, 1.807) is 26.8 Å². The van der Waals surface area contributed by atoms with Crippen LogP contribution in [0.1, 0.15) is 29.8 Å². The van der Waals surface area contributed by atoms with Gasteiger partial charge in [-0.2, -0.15) is 0 Å². The molecule has 0 bridgehead atoms. The molecule has 0 aliphatic carbocycles. The van der Waals surface area contributed by atoms with Gasteiger partial charge in [-0.1, -0.05) is 6.07 Å². The van der Waals surface area contributed by atoms with Crippen molar-refractivity contribution in [1.29, 1.82) is 0 Å². The molecule has 1 fully saturated rings. The number of nitro groups is 1. The summed E-state index contributed by atoms with van der Waals surface area (Å²) >= 11 is 0. The molecular formula is C14H17N3O4. The summed E-state index contributed by atoms with van der Waals surface area (Å²) in [4.78, 5) is 36.5. The van der Waals surface area contributed by atoms with Crippen LogP contribution in [-0.2, 0) is 4.79 Å². The quantitative estimate of drug-likeness (QED) is 0.655. The van der Waals surface area contributed by atoms with Gasteiger partial charge in [0.2, 0.25) is 5.91 Å². The van der Waals surface area contributed by atoms with Gasteiger partial charge in [-0.15, -0.1) is 0 Å². The summed E-state index contributed by atoms with van der Waals surface area (Å²) < 4.78 is 0. The number of carbonyl (C=O) groups excluding carboxylic acids is 2. The normalized spacial score (nSPS) is 17.3. The zero-order valence-corrected chi connectivity index (χ0v) is 12.2. The number of hydrogen-bond acceptors (Lipinski definition) is 4. The number of benzene rings is 1. The first-order valence-electron chi connectivity index (χ1n) is 6.61.